The molecule has 2 rings (SSSR count). The monoisotopic (exact) mass is 244 g/mol. The topological polar surface area (TPSA) is 55.0 Å². The molecule has 0 amide bonds. The number of hydrogen-bond donors (Lipinski definition) is 1. The van der Waals surface area contributed by atoms with Gasteiger partial charge in [0.15, 0.2) is 0 Å². The Morgan fingerprint density at radius 3 is 2.67 bits per heavy atom. The zero-order chi connectivity index (χ0) is 13.0. The second-order valence-electron chi connectivity index (χ2n) is 4.01. The maximum absolute atomic E-state index is 11.7. The number of nitrogens with one attached hydrogen (secondary N) is 1. The molecule has 1 aromatic carbocycles. The first kappa shape index (κ1) is 12.5. The smallest absolute Gasteiger partial charge is 0.251 e. The van der Waals surface area contributed by atoms with Gasteiger partial charge >= 0.3 is 0 Å². The largest absolute Gasteiger partial charge is 0.374 e. The van der Waals surface area contributed by atoms with Crippen molar-refractivity contribution >= 4 is 0 Å². The average Bonchev–Trinajstić information content (AvgIpc) is 2.40. The lowest BCUT2D eigenvalue weighted by Gasteiger charge is -2.12. The van der Waals surface area contributed by atoms with Crippen LogP contribution >= 0.6 is 0 Å². The van der Waals surface area contributed by atoms with E-state index in [1.165, 1.54) is 6.07 Å². The van der Waals surface area contributed by atoms with Crippen LogP contribution in [0.25, 0.3) is 11.3 Å². The lowest BCUT2D eigenvalue weighted by atomic mass is 10.1. The molecule has 0 radical (unpaired) electrons. The standard InChI is InChI=1S/C14H16N2O2/c1-3-12(18-2)14-15-11(9-13(17)16-14)10-7-5-4-6-8-10/h4-9,12H,3H2,1-2H3,(H,15,16,17). The molecule has 94 valence electrons. The number of rotatable bonds is 4. The first-order chi connectivity index (χ1) is 8.74. The second kappa shape index (κ2) is 5.60. The Balaban J connectivity index is 2.48. The Hall–Kier alpha value is -1.94. The van der Waals surface area contributed by atoms with Crippen LogP contribution < -0.4 is 5.56 Å². The number of methoxy groups -OCH3 is 1. The van der Waals surface area contributed by atoms with Crippen LogP contribution in [0.1, 0.15) is 25.3 Å². The van der Waals surface area contributed by atoms with Gasteiger partial charge in [-0.15, -0.1) is 0 Å². The van der Waals surface area contributed by atoms with E-state index in [0.717, 1.165) is 12.0 Å². The van der Waals surface area contributed by atoms with Crippen molar-refractivity contribution < 1.29 is 4.74 Å². The molecule has 0 bridgehead atoms. The molecule has 0 spiro atoms. The summed E-state index contributed by atoms with van der Waals surface area (Å²) in [6, 6.07) is 11.1. The van der Waals surface area contributed by atoms with Crippen molar-refractivity contribution in [1.29, 1.82) is 0 Å². The van der Waals surface area contributed by atoms with E-state index < -0.39 is 0 Å². The number of benzene rings is 1. The van der Waals surface area contributed by atoms with Crippen LogP contribution in [-0.2, 0) is 4.74 Å². The van der Waals surface area contributed by atoms with Crippen LogP contribution in [0, 0.1) is 0 Å². The molecule has 1 heterocycles. The number of H-pyrrole nitrogens is 1. The van der Waals surface area contributed by atoms with Gasteiger partial charge in [0, 0.05) is 18.7 Å². The maximum atomic E-state index is 11.7. The summed E-state index contributed by atoms with van der Waals surface area (Å²) in [5.74, 6) is 0.575. The van der Waals surface area contributed by atoms with Crippen molar-refractivity contribution in [3.8, 4) is 11.3 Å². The quantitative estimate of drug-likeness (QED) is 0.899. The Kier molecular flexibility index (Phi) is 3.89. The lowest BCUT2D eigenvalue weighted by molar-refractivity contribution is 0.0925. The van der Waals surface area contributed by atoms with E-state index in [4.69, 9.17) is 4.74 Å². The third kappa shape index (κ3) is 2.65. The van der Waals surface area contributed by atoms with E-state index in [-0.39, 0.29) is 11.7 Å². The molecule has 4 heteroatoms. The SMILES string of the molecule is CCC(OC)c1nc(-c2ccccc2)cc(=O)[nH]1. The third-order valence-electron chi connectivity index (χ3n) is 2.79. The van der Waals surface area contributed by atoms with Gasteiger partial charge in [-0.3, -0.25) is 4.79 Å². The second-order valence-corrected chi connectivity index (χ2v) is 4.01. The molecule has 0 aliphatic heterocycles. The van der Waals surface area contributed by atoms with Gasteiger partial charge in [0.25, 0.3) is 5.56 Å². The fourth-order valence-corrected chi connectivity index (χ4v) is 1.86. The predicted octanol–water partition coefficient (Wildman–Crippen LogP) is 2.53. The summed E-state index contributed by atoms with van der Waals surface area (Å²) in [4.78, 5) is 18.9. The number of hydrogen-bond acceptors (Lipinski definition) is 3. The number of nitrogens with zero attached hydrogens (tertiary/aromatic N) is 1. The van der Waals surface area contributed by atoms with E-state index in [1.54, 1.807) is 7.11 Å². The molecule has 4 nitrogen and oxygen atoms in total. The van der Waals surface area contributed by atoms with Crippen LogP contribution in [0.3, 0.4) is 0 Å². The normalized spacial score (nSPS) is 12.3. The molecule has 0 fully saturated rings. The van der Waals surface area contributed by atoms with Crippen molar-refractivity contribution in [3.05, 3.63) is 52.6 Å². The highest BCUT2D eigenvalue weighted by Gasteiger charge is 2.12. The van der Waals surface area contributed by atoms with Gasteiger partial charge in [0.2, 0.25) is 0 Å². The molecule has 1 aromatic heterocycles. The third-order valence-corrected chi connectivity index (χ3v) is 2.79. The Morgan fingerprint density at radius 1 is 1.33 bits per heavy atom. The van der Waals surface area contributed by atoms with E-state index in [1.807, 2.05) is 37.3 Å². The Bertz CT molecular complexity index is 560. The fraction of sp³-hybridized carbons (Fsp3) is 0.286. The molecule has 0 aliphatic carbocycles. The molecule has 0 aliphatic rings. The minimum Gasteiger partial charge on any atom is -0.374 e. The summed E-state index contributed by atoms with van der Waals surface area (Å²) in [7, 11) is 1.61. The van der Waals surface area contributed by atoms with E-state index in [0.29, 0.717) is 11.5 Å². The Morgan fingerprint density at radius 2 is 2.06 bits per heavy atom. The highest BCUT2D eigenvalue weighted by molar-refractivity contribution is 5.58. The summed E-state index contributed by atoms with van der Waals surface area (Å²) in [5.41, 5.74) is 1.44. The van der Waals surface area contributed by atoms with Gasteiger partial charge in [-0.2, -0.15) is 0 Å². The van der Waals surface area contributed by atoms with E-state index >= 15 is 0 Å². The number of aromatic amines is 1. The van der Waals surface area contributed by atoms with Crippen molar-refractivity contribution in [2.45, 2.75) is 19.4 Å². The van der Waals surface area contributed by atoms with Crippen LogP contribution in [0.5, 0.6) is 0 Å². The molecule has 0 saturated heterocycles. The Labute approximate surface area is 106 Å². The van der Waals surface area contributed by atoms with E-state index in [9.17, 15) is 4.79 Å². The lowest BCUT2D eigenvalue weighted by Crippen LogP contribution is -2.15. The summed E-state index contributed by atoms with van der Waals surface area (Å²) in [6.07, 6.45) is 0.582. The average molecular weight is 244 g/mol. The van der Waals surface area contributed by atoms with Gasteiger partial charge in [-0.25, -0.2) is 4.98 Å². The molecule has 1 atom stereocenters. The van der Waals surface area contributed by atoms with Crippen LogP contribution in [0.15, 0.2) is 41.2 Å². The van der Waals surface area contributed by atoms with Gasteiger partial charge in [0.05, 0.1) is 5.69 Å². The first-order valence-corrected chi connectivity index (χ1v) is 5.94. The van der Waals surface area contributed by atoms with Crippen LogP contribution in [-0.4, -0.2) is 17.1 Å². The maximum Gasteiger partial charge on any atom is 0.251 e. The predicted molar refractivity (Wildman–Crippen MR) is 70.3 cm³/mol. The van der Waals surface area contributed by atoms with Crippen molar-refractivity contribution in [3.63, 3.8) is 0 Å². The fourth-order valence-electron chi connectivity index (χ4n) is 1.86. The molecule has 2 aromatic rings. The zero-order valence-corrected chi connectivity index (χ0v) is 10.5. The van der Waals surface area contributed by atoms with Gasteiger partial charge in [-0.1, -0.05) is 37.3 Å². The summed E-state index contributed by atoms with van der Waals surface area (Å²) in [5, 5.41) is 0. The molecule has 1 N–H and O–H groups in total. The van der Waals surface area contributed by atoms with Crippen LogP contribution in [0.2, 0.25) is 0 Å². The molecule has 18 heavy (non-hydrogen) atoms. The van der Waals surface area contributed by atoms with Crippen LogP contribution in [0.4, 0.5) is 0 Å². The number of aromatic nitrogens is 2. The minimum absolute atomic E-state index is 0.158. The highest BCUT2D eigenvalue weighted by atomic mass is 16.5. The minimum atomic E-state index is -0.179. The van der Waals surface area contributed by atoms with Crippen molar-refractivity contribution in [2.75, 3.05) is 7.11 Å². The highest BCUT2D eigenvalue weighted by Crippen LogP contribution is 2.19. The summed E-state index contributed by atoms with van der Waals surface area (Å²) < 4.78 is 5.30. The molecular weight excluding hydrogens is 228 g/mol. The molecule has 1 unspecified atom stereocenters. The number of ether oxygens (including phenoxy) is 1. The first-order valence-electron chi connectivity index (χ1n) is 5.94. The zero-order valence-electron chi connectivity index (χ0n) is 10.5. The van der Waals surface area contributed by atoms with Gasteiger partial charge < -0.3 is 9.72 Å². The van der Waals surface area contributed by atoms with Crippen molar-refractivity contribution in [1.82, 2.24) is 9.97 Å². The summed E-state index contributed by atoms with van der Waals surface area (Å²) >= 11 is 0. The van der Waals surface area contributed by atoms with Gasteiger partial charge in [-0.05, 0) is 6.42 Å². The van der Waals surface area contributed by atoms with Crippen molar-refractivity contribution in [2.24, 2.45) is 0 Å². The van der Waals surface area contributed by atoms with E-state index in [2.05, 4.69) is 9.97 Å². The summed E-state index contributed by atoms with van der Waals surface area (Å²) in [6.45, 7) is 1.99. The van der Waals surface area contributed by atoms with Gasteiger partial charge in [0.1, 0.15) is 11.9 Å². The molecule has 0 saturated carbocycles. The molecular formula is C14H16N2O2.